The molecule has 0 spiro atoms. The average Bonchev–Trinajstić information content (AvgIpc) is 3.21. The summed E-state index contributed by atoms with van der Waals surface area (Å²) in [5.41, 5.74) is 1.03. The monoisotopic (exact) mass is 357 g/mol. The minimum Gasteiger partial charge on any atom is -0.466 e. The van der Waals surface area contributed by atoms with Gasteiger partial charge in [-0.15, -0.1) is 5.10 Å². The third kappa shape index (κ3) is 4.25. The Bertz CT molecular complexity index is 720. The molecule has 0 N–H and O–H groups in total. The van der Waals surface area contributed by atoms with Gasteiger partial charge in [0.05, 0.1) is 12.5 Å². The van der Waals surface area contributed by atoms with Gasteiger partial charge in [0.2, 0.25) is 5.91 Å². The third-order valence-corrected chi connectivity index (χ3v) is 4.59. The number of carbonyl (C=O) groups excluding carboxylic acids is 2. The van der Waals surface area contributed by atoms with Crippen LogP contribution < -0.4 is 0 Å². The van der Waals surface area contributed by atoms with Crippen molar-refractivity contribution in [2.75, 3.05) is 19.7 Å². The summed E-state index contributed by atoms with van der Waals surface area (Å²) in [5.74, 6) is -0.568. The molecular formula is C18H23N5O3. The largest absolute Gasteiger partial charge is 0.466 e. The highest BCUT2D eigenvalue weighted by Gasteiger charge is 2.33. The smallest absolute Gasteiger partial charge is 0.310 e. The number of esters is 1. The van der Waals surface area contributed by atoms with Crippen molar-refractivity contribution in [1.82, 2.24) is 25.1 Å². The molecule has 8 nitrogen and oxygen atoms in total. The van der Waals surface area contributed by atoms with Gasteiger partial charge in [-0.3, -0.25) is 9.59 Å². The molecule has 0 aliphatic carbocycles. The number of tetrazole rings is 1. The van der Waals surface area contributed by atoms with Crippen molar-refractivity contribution in [3.8, 4) is 0 Å². The van der Waals surface area contributed by atoms with Crippen LogP contribution in [0.3, 0.4) is 0 Å². The minimum atomic E-state index is -0.534. The maximum atomic E-state index is 13.2. The first kappa shape index (κ1) is 18.0. The van der Waals surface area contributed by atoms with E-state index >= 15 is 0 Å². The van der Waals surface area contributed by atoms with Gasteiger partial charge in [0.1, 0.15) is 12.4 Å². The standard InChI is InChI=1S/C18H23N5O3/c1-2-26-18(25)15-9-6-10-22(12-15)17(24)16(23-13-19-20-21-23)11-14-7-4-3-5-8-14/h3-5,7-8,13,15-16H,2,6,9-12H2,1H3/t15-,16+/m1/s1. The lowest BCUT2D eigenvalue weighted by atomic mass is 9.96. The summed E-state index contributed by atoms with van der Waals surface area (Å²) < 4.78 is 6.61. The number of ether oxygens (including phenoxy) is 1. The van der Waals surface area contributed by atoms with E-state index in [0.717, 1.165) is 18.4 Å². The van der Waals surface area contributed by atoms with Gasteiger partial charge in [0.25, 0.3) is 0 Å². The normalized spacial score (nSPS) is 18.3. The van der Waals surface area contributed by atoms with Gasteiger partial charge in [-0.1, -0.05) is 30.3 Å². The summed E-state index contributed by atoms with van der Waals surface area (Å²) in [6, 6.07) is 9.23. The number of aromatic nitrogens is 4. The molecule has 0 radical (unpaired) electrons. The lowest BCUT2D eigenvalue weighted by Gasteiger charge is -2.33. The number of hydrogen-bond donors (Lipinski definition) is 0. The van der Waals surface area contributed by atoms with Crippen LogP contribution in [0, 0.1) is 5.92 Å². The Kier molecular flexibility index (Phi) is 5.93. The second-order valence-electron chi connectivity index (χ2n) is 6.37. The Morgan fingerprint density at radius 2 is 2.12 bits per heavy atom. The summed E-state index contributed by atoms with van der Waals surface area (Å²) >= 11 is 0. The van der Waals surface area contributed by atoms with Crippen molar-refractivity contribution >= 4 is 11.9 Å². The molecule has 0 unspecified atom stereocenters. The Morgan fingerprint density at radius 3 is 2.81 bits per heavy atom. The number of hydrogen-bond acceptors (Lipinski definition) is 6. The Balaban J connectivity index is 1.75. The fourth-order valence-corrected chi connectivity index (χ4v) is 3.28. The Labute approximate surface area is 152 Å². The van der Waals surface area contributed by atoms with Crippen molar-refractivity contribution in [1.29, 1.82) is 0 Å². The SMILES string of the molecule is CCOC(=O)[C@@H]1CCCN(C(=O)[C@H](Cc2ccccc2)n2cnnn2)C1. The maximum absolute atomic E-state index is 13.2. The van der Waals surface area contributed by atoms with E-state index in [2.05, 4.69) is 15.5 Å². The number of amides is 1. The number of likely N-dealkylation sites (tertiary alicyclic amines) is 1. The van der Waals surface area contributed by atoms with Gasteiger partial charge in [0.15, 0.2) is 0 Å². The third-order valence-electron chi connectivity index (χ3n) is 4.59. The fraction of sp³-hybridized carbons (Fsp3) is 0.500. The summed E-state index contributed by atoms with van der Waals surface area (Å²) in [4.78, 5) is 27.0. The van der Waals surface area contributed by atoms with E-state index in [1.54, 1.807) is 11.8 Å². The van der Waals surface area contributed by atoms with E-state index in [4.69, 9.17) is 4.74 Å². The van der Waals surface area contributed by atoms with Crippen molar-refractivity contribution < 1.29 is 14.3 Å². The van der Waals surface area contributed by atoms with Crippen molar-refractivity contribution in [2.45, 2.75) is 32.2 Å². The molecule has 138 valence electrons. The van der Waals surface area contributed by atoms with E-state index in [9.17, 15) is 9.59 Å². The quantitative estimate of drug-likeness (QED) is 0.723. The molecule has 1 aliphatic heterocycles. The highest BCUT2D eigenvalue weighted by Crippen LogP contribution is 2.23. The lowest BCUT2D eigenvalue weighted by Crippen LogP contribution is -2.46. The zero-order chi connectivity index (χ0) is 18.4. The van der Waals surface area contributed by atoms with Crippen molar-refractivity contribution in [3.63, 3.8) is 0 Å². The topological polar surface area (TPSA) is 90.2 Å². The summed E-state index contributed by atoms with van der Waals surface area (Å²) in [6.45, 7) is 3.15. The van der Waals surface area contributed by atoms with Crippen LogP contribution in [0.5, 0.6) is 0 Å². The van der Waals surface area contributed by atoms with Gasteiger partial charge in [0, 0.05) is 19.5 Å². The van der Waals surface area contributed by atoms with Crippen LogP contribution in [0.4, 0.5) is 0 Å². The van der Waals surface area contributed by atoms with E-state index in [-0.39, 0.29) is 17.8 Å². The first-order chi connectivity index (χ1) is 12.7. The molecule has 3 rings (SSSR count). The second-order valence-corrected chi connectivity index (χ2v) is 6.37. The molecule has 2 atom stereocenters. The van der Waals surface area contributed by atoms with Crippen LogP contribution in [-0.2, 0) is 20.7 Å². The molecule has 1 aromatic heterocycles. The van der Waals surface area contributed by atoms with Crippen LogP contribution in [0.25, 0.3) is 0 Å². The predicted octanol–water partition coefficient (Wildman–Crippen LogP) is 1.26. The Morgan fingerprint density at radius 1 is 1.31 bits per heavy atom. The fourth-order valence-electron chi connectivity index (χ4n) is 3.28. The van der Waals surface area contributed by atoms with Gasteiger partial charge >= 0.3 is 5.97 Å². The van der Waals surface area contributed by atoms with Crippen LogP contribution in [0.15, 0.2) is 36.7 Å². The average molecular weight is 357 g/mol. The lowest BCUT2D eigenvalue weighted by molar-refractivity contribution is -0.151. The van der Waals surface area contributed by atoms with Crippen LogP contribution in [-0.4, -0.2) is 56.7 Å². The van der Waals surface area contributed by atoms with E-state index in [1.165, 1.54) is 11.0 Å². The molecule has 1 aliphatic rings. The molecule has 1 fully saturated rings. The van der Waals surface area contributed by atoms with Crippen molar-refractivity contribution in [3.05, 3.63) is 42.2 Å². The Hall–Kier alpha value is -2.77. The molecule has 1 aromatic carbocycles. The molecule has 26 heavy (non-hydrogen) atoms. The van der Waals surface area contributed by atoms with Crippen LogP contribution in [0.1, 0.15) is 31.4 Å². The summed E-state index contributed by atoms with van der Waals surface area (Å²) in [6.07, 6.45) is 3.48. The van der Waals surface area contributed by atoms with Gasteiger partial charge in [-0.05, 0) is 35.8 Å². The number of carbonyl (C=O) groups is 2. The number of benzene rings is 1. The van der Waals surface area contributed by atoms with Gasteiger partial charge in [-0.2, -0.15) is 0 Å². The zero-order valence-electron chi connectivity index (χ0n) is 14.8. The van der Waals surface area contributed by atoms with Gasteiger partial charge in [-0.25, -0.2) is 4.68 Å². The van der Waals surface area contributed by atoms with Crippen LogP contribution >= 0.6 is 0 Å². The molecule has 2 heterocycles. The van der Waals surface area contributed by atoms with E-state index in [1.807, 2.05) is 30.3 Å². The van der Waals surface area contributed by atoms with E-state index in [0.29, 0.717) is 26.1 Å². The molecular weight excluding hydrogens is 334 g/mol. The summed E-state index contributed by atoms with van der Waals surface area (Å²) in [5, 5.41) is 11.3. The molecule has 0 bridgehead atoms. The second kappa shape index (κ2) is 8.55. The number of rotatable bonds is 6. The van der Waals surface area contributed by atoms with Crippen LogP contribution in [0.2, 0.25) is 0 Å². The summed E-state index contributed by atoms with van der Waals surface area (Å²) in [7, 11) is 0. The molecule has 1 saturated heterocycles. The highest BCUT2D eigenvalue weighted by molar-refractivity contribution is 5.82. The maximum Gasteiger partial charge on any atom is 0.310 e. The highest BCUT2D eigenvalue weighted by atomic mass is 16.5. The minimum absolute atomic E-state index is 0.0739. The van der Waals surface area contributed by atoms with Crippen molar-refractivity contribution in [2.24, 2.45) is 5.92 Å². The number of piperidine rings is 1. The zero-order valence-corrected chi connectivity index (χ0v) is 14.8. The van der Waals surface area contributed by atoms with Gasteiger partial charge < -0.3 is 9.64 Å². The predicted molar refractivity (Wildman–Crippen MR) is 92.9 cm³/mol. The molecule has 1 amide bonds. The first-order valence-corrected chi connectivity index (χ1v) is 8.91. The van der Waals surface area contributed by atoms with E-state index < -0.39 is 6.04 Å². The molecule has 2 aromatic rings. The first-order valence-electron chi connectivity index (χ1n) is 8.91. The molecule has 8 heteroatoms. The molecule has 0 saturated carbocycles. The number of nitrogens with zero attached hydrogens (tertiary/aromatic N) is 5.